The van der Waals surface area contributed by atoms with Crippen LogP contribution in [0.5, 0.6) is 0 Å². The first kappa shape index (κ1) is 22.6. The molecule has 178 valence electrons. The van der Waals surface area contributed by atoms with Gasteiger partial charge in [-0.1, -0.05) is 18.2 Å². The van der Waals surface area contributed by atoms with Crippen LogP contribution in [0.1, 0.15) is 35.1 Å². The fourth-order valence-electron chi connectivity index (χ4n) is 5.91. The van der Waals surface area contributed by atoms with Gasteiger partial charge in [0, 0.05) is 38.4 Å². The molecule has 1 aromatic heterocycles. The lowest BCUT2D eigenvalue weighted by atomic mass is 9.90. The molecule has 2 aromatic rings. The monoisotopic (exact) mass is 451 g/mol. The average Bonchev–Trinajstić information content (AvgIpc) is 3.48. The molecule has 0 N–H and O–H groups in total. The summed E-state index contributed by atoms with van der Waals surface area (Å²) in [5.74, 6) is 0.250. The van der Waals surface area contributed by atoms with Crippen LogP contribution in [0.25, 0.3) is 0 Å². The number of aryl methyl sites for hydroxylation is 3. The molecule has 7 nitrogen and oxygen atoms in total. The van der Waals surface area contributed by atoms with Gasteiger partial charge in [-0.05, 0) is 56.5 Å². The molecule has 0 radical (unpaired) electrons. The van der Waals surface area contributed by atoms with Crippen molar-refractivity contribution < 1.29 is 9.53 Å². The van der Waals surface area contributed by atoms with Gasteiger partial charge in [-0.2, -0.15) is 5.10 Å². The van der Waals surface area contributed by atoms with E-state index >= 15 is 0 Å². The van der Waals surface area contributed by atoms with Gasteiger partial charge in [-0.3, -0.25) is 19.3 Å². The molecule has 0 bridgehead atoms. The second-order valence-electron chi connectivity index (χ2n) is 10.1. The molecular formula is C26H37N5O2. The Morgan fingerprint density at radius 1 is 1.03 bits per heavy atom. The van der Waals surface area contributed by atoms with Crippen molar-refractivity contribution in [2.75, 3.05) is 39.4 Å². The van der Waals surface area contributed by atoms with Gasteiger partial charge in [0.15, 0.2) is 0 Å². The van der Waals surface area contributed by atoms with E-state index < -0.39 is 0 Å². The average molecular weight is 452 g/mol. The zero-order valence-electron chi connectivity index (χ0n) is 20.2. The maximum Gasteiger partial charge on any atom is 0.227 e. The van der Waals surface area contributed by atoms with E-state index in [0.717, 1.165) is 44.9 Å². The number of amides is 1. The van der Waals surface area contributed by atoms with E-state index in [0.29, 0.717) is 13.0 Å². The standard InChI is InChI=1S/C26H37N5O2/c1-19-6-7-21(12-20(19)2)13-25(32)31-11-10-30(16-22-14-27-28(3)15-22)24-18-33-17-23(26(24)31)29-8-4-5-9-29/h6-7,12,14-15,23-24,26H,4-5,8-11,13,16-18H2,1-3H3/t23-,24+,26?/m0/s1. The highest BCUT2D eigenvalue weighted by Gasteiger charge is 2.47. The molecule has 5 rings (SSSR count). The normalized spacial score (nSPS) is 26.5. The molecule has 0 saturated carbocycles. The Hall–Kier alpha value is -2.22. The van der Waals surface area contributed by atoms with E-state index in [1.54, 1.807) is 0 Å². The van der Waals surface area contributed by atoms with Crippen LogP contribution in [0.4, 0.5) is 0 Å². The number of ether oxygens (including phenoxy) is 1. The van der Waals surface area contributed by atoms with Gasteiger partial charge in [-0.15, -0.1) is 0 Å². The van der Waals surface area contributed by atoms with E-state index in [2.05, 4.69) is 58.0 Å². The molecule has 1 amide bonds. The minimum atomic E-state index is 0.168. The number of likely N-dealkylation sites (tertiary alicyclic amines) is 1. The summed E-state index contributed by atoms with van der Waals surface area (Å²) in [5.41, 5.74) is 4.85. The molecule has 1 aromatic carbocycles. The fourth-order valence-corrected chi connectivity index (χ4v) is 5.91. The smallest absolute Gasteiger partial charge is 0.227 e. The third kappa shape index (κ3) is 4.72. The van der Waals surface area contributed by atoms with Crippen molar-refractivity contribution in [2.24, 2.45) is 7.05 Å². The van der Waals surface area contributed by atoms with Crippen LogP contribution < -0.4 is 0 Å². The minimum absolute atomic E-state index is 0.168. The number of nitrogens with zero attached hydrogens (tertiary/aromatic N) is 5. The van der Waals surface area contributed by atoms with Crippen LogP contribution in [0.2, 0.25) is 0 Å². The Morgan fingerprint density at radius 2 is 1.82 bits per heavy atom. The SMILES string of the molecule is Cc1ccc(CC(=O)N2CCN(Cc3cnn(C)c3)[C@@H]3COC[C@H](N4CCCC4)C32)cc1C. The van der Waals surface area contributed by atoms with E-state index in [4.69, 9.17) is 4.74 Å². The zero-order chi connectivity index (χ0) is 22.9. The lowest BCUT2D eigenvalue weighted by Crippen LogP contribution is -2.71. The zero-order valence-corrected chi connectivity index (χ0v) is 20.2. The maximum atomic E-state index is 13.7. The van der Waals surface area contributed by atoms with Crippen molar-refractivity contribution in [3.05, 3.63) is 52.8 Å². The highest BCUT2D eigenvalue weighted by atomic mass is 16.5. The Bertz CT molecular complexity index is 983. The quantitative estimate of drug-likeness (QED) is 0.697. The maximum absolute atomic E-state index is 13.7. The van der Waals surface area contributed by atoms with Crippen molar-refractivity contribution in [2.45, 2.75) is 57.8 Å². The second-order valence-corrected chi connectivity index (χ2v) is 10.1. The van der Waals surface area contributed by atoms with E-state index in [1.807, 2.05) is 17.9 Å². The van der Waals surface area contributed by atoms with Crippen LogP contribution >= 0.6 is 0 Å². The molecule has 7 heteroatoms. The molecular weight excluding hydrogens is 414 g/mol. The summed E-state index contributed by atoms with van der Waals surface area (Å²) in [6.07, 6.45) is 7.00. The summed E-state index contributed by atoms with van der Waals surface area (Å²) in [7, 11) is 1.96. The Kier molecular flexibility index (Phi) is 6.54. The number of benzene rings is 1. The first-order valence-electron chi connectivity index (χ1n) is 12.4. The van der Waals surface area contributed by atoms with Gasteiger partial charge in [0.25, 0.3) is 0 Å². The number of fused-ring (bicyclic) bond motifs is 1. The van der Waals surface area contributed by atoms with Crippen molar-refractivity contribution in [1.29, 1.82) is 0 Å². The highest BCUT2D eigenvalue weighted by molar-refractivity contribution is 5.79. The van der Waals surface area contributed by atoms with Crippen LogP contribution in [-0.2, 0) is 29.5 Å². The molecule has 3 atom stereocenters. The fraction of sp³-hybridized carbons (Fsp3) is 0.615. The van der Waals surface area contributed by atoms with E-state index in [-0.39, 0.29) is 24.0 Å². The van der Waals surface area contributed by atoms with Gasteiger partial charge in [0.2, 0.25) is 5.91 Å². The first-order chi connectivity index (χ1) is 16.0. The Balaban J connectivity index is 1.39. The third-order valence-corrected chi connectivity index (χ3v) is 7.82. The topological polar surface area (TPSA) is 53.8 Å². The predicted octanol–water partition coefficient (Wildman–Crippen LogP) is 2.16. The summed E-state index contributed by atoms with van der Waals surface area (Å²) in [4.78, 5) is 21.0. The number of hydrogen-bond donors (Lipinski definition) is 0. The molecule has 3 fully saturated rings. The van der Waals surface area contributed by atoms with Crippen molar-refractivity contribution >= 4 is 5.91 Å². The van der Waals surface area contributed by atoms with Gasteiger partial charge >= 0.3 is 0 Å². The molecule has 1 unspecified atom stereocenters. The molecule has 33 heavy (non-hydrogen) atoms. The van der Waals surface area contributed by atoms with Crippen LogP contribution in [0.3, 0.4) is 0 Å². The minimum Gasteiger partial charge on any atom is -0.378 e. The Labute approximate surface area is 197 Å². The van der Waals surface area contributed by atoms with Gasteiger partial charge < -0.3 is 9.64 Å². The first-order valence-corrected chi connectivity index (χ1v) is 12.4. The van der Waals surface area contributed by atoms with Crippen LogP contribution in [-0.4, -0.2) is 87.9 Å². The molecule has 4 heterocycles. The number of rotatable bonds is 5. The van der Waals surface area contributed by atoms with Gasteiger partial charge in [-0.25, -0.2) is 0 Å². The summed E-state index contributed by atoms with van der Waals surface area (Å²) < 4.78 is 8.03. The molecule has 0 spiro atoms. The van der Waals surface area contributed by atoms with Crippen molar-refractivity contribution in [3.63, 3.8) is 0 Å². The second kappa shape index (κ2) is 9.57. The predicted molar refractivity (Wildman–Crippen MR) is 128 cm³/mol. The molecule has 3 aliphatic heterocycles. The number of carbonyl (C=O) groups excluding carboxylic acids is 1. The van der Waals surface area contributed by atoms with Gasteiger partial charge in [0.05, 0.1) is 44.0 Å². The van der Waals surface area contributed by atoms with Crippen molar-refractivity contribution in [3.8, 4) is 0 Å². The largest absolute Gasteiger partial charge is 0.378 e. The summed E-state index contributed by atoms with van der Waals surface area (Å²) >= 11 is 0. The molecule has 0 aliphatic carbocycles. The lowest BCUT2D eigenvalue weighted by molar-refractivity contribution is -0.153. The van der Waals surface area contributed by atoms with Crippen LogP contribution in [0.15, 0.2) is 30.6 Å². The van der Waals surface area contributed by atoms with Crippen LogP contribution in [0, 0.1) is 13.8 Å². The van der Waals surface area contributed by atoms with Gasteiger partial charge in [0.1, 0.15) is 0 Å². The number of hydrogen-bond acceptors (Lipinski definition) is 5. The van der Waals surface area contributed by atoms with Crippen molar-refractivity contribution in [1.82, 2.24) is 24.5 Å². The number of carbonyl (C=O) groups is 1. The summed E-state index contributed by atoms with van der Waals surface area (Å²) in [6, 6.07) is 7.06. The summed E-state index contributed by atoms with van der Waals surface area (Å²) in [6.45, 7) is 10.4. The highest BCUT2D eigenvalue weighted by Crippen LogP contribution is 2.31. The van der Waals surface area contributed by atoms with E-state index in [1.165, 1.54) is 29.5 Å². The number of aromatic nitrogens is 2. The van der Waals surface area contributed by atoms with E-state index in [9.17, 15) is 4.79 Å². The third-order valence-electron chi connectivity index (χ3n) is 7.82. The number of piperazine rings is 1. The molecule has 3 saturated heterocycles. The molecule has 3 aliphatic rings. The Morgan fingerprint density at radius 3 is 2.55 bits per heavy atom. The lowest BCUT2D eigenvalue weighted by Gasteiger charge is -2.54. The summed E-state index contributed by atoms with van der Waals surface area (Å²) in [5, 5.41) is 4.35.